The SMILES string of the molecule is CCN/C1=C(\C(=N)Br)C/C(=C/NC)C(=N)c2ccc(F)cc2C(C)Oc2cc1cnc2N. The quantitative estimate of drug-likeness (QED) is 0.395. The first-order chi connectivity index (χ1) is 15.3. The summed E-state index contributed by atoms with van der Waals surface area (Å²) in [6.07, 6.45) is 3.03. The number of aromatic nitrogens is 1. The largest absolute Gasteiger partial charge is 0.482 e. The Balaban J connectivity index is 2.35. The minimum atomic E-state index is -0.587. The summed E-state index contributed by atoms with van der Waals surface area (Å²) in [4.78, 5) is 4.28. The lowest BCUT2D eigenvalue weighted by atomic mass is 9.90. The maximum absolute atomic E-state index is 14.2. The van der Waals surface area contributed by atoms with E-state index in [4.69, 9.17) is 21.3 Å². The van der Waals surface area contributed by atoms with Crippen molar-refractivity contribution in [2.24, 2.45) is 0 Å². The molecule has 1 atom stereocenters. The van der Waals surface area contributed by atoms with Crippen LogP contribution in [-0.2, 0) is 0 Å². The van der Waals surface area contributed by atoms with Gasteiger partial charge in [0.15, 0.2) is 11.6 Å². The molecule has 1 unspecified atom stereocenters. The average molecular weight is 501 g/mol. The van der Waals surface area contributed by atoms with E-state index in [9.17, 15) is 4.39 Å². The van der Waals surface area contributed by atoms with E-state index in [1.807, 2.05) is 6.92 Å². The van der Waals surface area contributed by atoms with Crippen LogP contribution >= 0.6 is 15.9 Å². The highest BCUT2D eigenvalue weighted by molar-refractivity contribution is 9.18. The highest BCUT2D eigenvalue weighted by Gasteiger charge is 2.24. The molecule has 168 valence electrons. The summed E-state index contributed by atoms with van der Waals surface area (Å²) in [7, 11) is 1.75. The highest BCUT2D eigenvalue weighted by Crippen LogP contribution is 2.34. The van der Waals surface area contributed by atoms with Gasteiger partial charge in [-0.15, -0.1) is 0 Å². The molecule has 6 N–H and O–H groups in total. The van der Waals surface area contributed by atoms with Gasteiger partial charge in [-0.2, -0.15) is 0 Å². The molecule has 32 heavy (non-hydrogen) atoms. The zero-order chi connectivity index (χ0) is 23.4. The van der Waals surface area contributed by atoms with E-state index in [0.29, 0.717) is 45.8 Å². The van der Waals surface area contributed by atoms with Gasteiger partial charge in [0.2, 0.25) is 0 Å². The van der Waals surface area contributed by atoms with Crippen LogP contribution in [0, 0.1) is 16.6 Å². The molecule has 7 nitrogen and oxygen atoms in total. The number of hydrogen-bond acceptors (Lipinski definition) is 7. The van der Waals surface area contributed by atoms with Gasteiger partial charge < -0.3 is 21.1 Å². The topological polar surface area (TPSA) is 120 Å². The standard InChI is InChI=1S/C23H26BrFN6O/c1-4-30-21-14-8-19(23(28)31-11-14)32-12(2)17-9-15(25)5-6-16(17)20(26)13(10-29-3)7-18(21)22(24)27/h5-6,8-12,26-27,29-30H,4,7H2,1-3H3,(H2,28,31)/b13-10-,21-18-,26-20?,27-22?. The van der Waals surface area contributed by atoms with Crippen LogP contribution in [0.1, 0.15) is 43.1 Å². The number of ether oxygens (including phenoxy) is 1. The third-order valence-electron chi connectivity index (χ3n) is 5.12. The molecule has 1 aromatic heterocycles. The summed E-state index contributed by atoms with van der Waals surface area (Å²) in [5, 5.41) is 23.6. The number of nitrogens with one attached hydrogen (secondary N) is 4. The Morgan fingerprint density at radius 1 is 1.41 bits per heavy atom. The van der Waals surface area contributed by atoms with Crippen molar-refractivity contribution >= 4 is 37.8 Å². The zero-order valence-electron chi connectivity index (χ0n) is 18.1. The number of benzene rings is 1. The molecule has 1 aromatic carbocycles. The fourth-order valence-electron chi connectivity index (χ4n) is 3.62. The minimum absolute atomic E-state index is 0.173. The first kappa shape index (κ1) is 23.5. The lowest BCUT2D eigenvalue weighted by Crippen LogP contribution is -2.20. The first-order valence-electron chi connectivity index (χ1n) is 10.2. The van der Waals surface area contributed by atoms with Crippen molar-refractivity contribution in [3.05, 3.63) is 70.3 Å². The van der Waals surface area contributed by atoms with E-state index in [2.05, 4.69) is 31.5 Å². The molecule has 0 aliphatic carbocycles. The number of nitrogens with zero attached hydrogens (tertiary/aromatic N) is 1. The maximum Gasteiger partial charge on any atom is 0.166 e. The fourth-order valence-corrected chi connectivity index (χ4v) is 3.96. The molecule has 2 aromatic rings. The number of anilines is 1. The zero-order valence-corrected chi connectivity index (χ0v) is 19.7. The van der Waals surface area contributed by atoms with Crippen LogP contribution in [0.5, 0.6) is 5.75 Å². The molecule has 0 radical (unpaired) electrons. The Hall–Kier alpha value is -3.20. The van der Waals surface area contributed by atoms with Crippen molar-refractivity contribution in [3.8, 4) is 5.75 Å². The summed E-state index contributed by atoms with van der Waals surface area (Å²) in [5.74, 6) is 0.127. The van der Waals surface area contributed by atoms with Gasteiger partial charge in [0, 0.05) is 60.4 Å². The van der Waals surface area contributed by atoms with E-state index < -0.39 is 11.9 Å². The van der Waals surface area contributed by atoms with E-state index in [1.54, 1.807) is 38.5 Å². The molecular weight excluding hydrogens is 475 g/mol. The van der Waals surface area contributed by atoms with Gasteiger partial charge in [0.05, 0.1) is 5.71 Å². The van der Waals surface area contributed by atoms with Crippen LogP contribution in [0.15, 0.2) is 47.8 Å². The van der Waals surface area contributed by atoms with Crippen LogP contribution in [0.2, 0.25) is 0 Å². The van der Waals surface area contributed by atoms with Gasteiger partial charge in [-0.25, -0.2) is 9.37 Å². The summed E-state index contributed by atoms with van der Waals surface area (Å²) in [6, 6.07) is 6.04. The van der Waals surface area contributed by atoms with E-state index in [1.165, 1.54) is 12.1 Å². The van der Waals surface area contributed by atoms with E-state index >= 15 is 0 Å². The summed E-state index contributed by atoms with van der Waals surface area (Å²) in [5.41, 5.74) is 9.98. The second-order valence-corrected chi connectivity index (χ2v) is 8.10. The van der Waals surface area contributed by atoms with Crippen molar-refractivity contribution in [1.82, 2.24) is 15.6 Å². The van der Waals surface area contributed by atoms with Gasteiger partial charge in [-0.05, 0) is 59.6 Å². The van der Waals surface area contributed by atoms with Crippen molar-refractivity contribution in [2.45, 2.75) is 26.4 Å². The summed E-state index contributed by atoms with van der Waals surface area (Å²) < 4.78 is 20.4. The van der Waals surface area contributed by atoms with E-state index in [0.717, 1.165) is 0 Å². The summed E-state index contributed by atoms with van der Waals surface area (Å²) >= 11 is 3.32. The molecule has 3 rings (SSSR count). The smallest absolute Gasteiger partial charge is 0.166 e. The Morgan fingerprint density at radius 3 is 2.81 bits per heavy atom. The molecule has 9 heteroatoms. The predicted octanol–water partition coefficient (Wildman–Crippen LogP) is 4.51. The lowest BCUT2D eigenvalue weighted by Gasteiger charge is -2.24. The number of fused-ring (bicyclic) bond motifs is 3. The van der Waals surface area contributed by atoms with Crippen LogP contribution < -0.4 is 21.1 Å². The normalized spacial score (nSPS) is 20.0. The van der Waals surface area contributed by atoms with Crippen LogP contribution in [0.25, 0.3) is 5.70 Å². The average Bonchev–Trinajstić information content (AvgIpc) is 2.75. The number of rotatable bonds is 4. The third-order valence-corrected chi connectivity index (χ3v) is 5.60. The number of allylic oxidation sites excluding steroid dienone is 2. The molecule has 0 saturated carbocycles. The fraction of sp³-hybridized carbons (Fsp3) is 0.261. The van der Waals surface area contributed by atoms with Gasteiger partial charge in [-0.1, -0.05) is 0 Å². The molecule has 0 spiro atoms. The Bertz CT molecular complexity index is 1130. The maximum atomic E-state index is 14.2. The van der Waals surface area contributed by atoms with Crippen LogP contribution in [0.3, 0.4) is 0 Å². The number of pyridine rings is 1. The monoisotopic (exact) mass is 500 g/mol. The van der Waals surface area contributed by atoms with Gasteiger partial charge in [0.1, 0.15) is 16.5 Å². The first-order valence-corrected chi connectivity index (χ1v) is 10.9. The van der Waals surface area contributed by atoms with Crippen molar-refractivity contribution < 1.29 is 9.13 Å². The van der Waals surface area contributed by atoms with Gasteiger partial charge >= 0.3 is 0 Å². The molecule has 0 amide bonds. The third kappa shape index (κ3) is 4.83. The Labute approximate surface area is 195 Å². The number of nitrogens with two attached hydrogens (primary N) is 1. The highest BCUT2D eigenvalue weighted by atomic mass is 79.9. The number of hydrogen-bond donors (Lipinski definition) is 5. The van der Waals surface area contributed by atoms with Crippen molar-refractivity contribution in [1.29, 1.82) is 10.8 Å². The van der Waals surface area contributed by atoms with Crippen LogP contribution in [-0.4, -0.2) is 28.9 Å². The van der Waals surface area contributed by atoms with Gasteiger partial charge in [-0.3, -0.25) is 10.8 Å². The minimum Gasteiger partial charge on any atom is -0.482 e. The lowest BCUT2D eigenvalue weighted by molar-refractivity contribution is 0.227. The molecular formula is C23H26BrFN6O. The second-order valence-electron chi connectivity index (χ2n) is 7.31. The second kappa shape index (κ2) is 9.95. The van der Waals surface area contributed by atoms with Gasteiger partial charge in [0.25, 0.3) is 0 Å². The summed E-state index contributed by atoms with van der Waals surface area (Å²) in [6.45, 7) is 4.35. The Kier molecular flexibility index (Phi) is 7.29. The molecule has 1 aliphatic heterocycles. The molecule has 2 bridgehead atoms. The molecule has 0 saturated heterocycles. The number of halogens is 2. The van der Waals surface area contributed by atoms with Crippen molar-refractivity contribution in [3.63, 3.8) is 0 Å². The van der Waals surface area contributed by atoms with Crippen LogP contribution in [0.4, 0.5) is 10.2 Å². The van der Waals surface area contributed by atoms with E-state index in [-0.39, 0.29) is 22.6 Å². The number of nitrogen functional groups attached to an aromatic ring is 1. The molecule has 0 fully saturated rings. The predicted molar refractivity (Wildman–Crippen MR) is 130 cm³/mol. The molecule has 2 heterocycles. The van der Waals surface area contributed by atoms with Crippen molar-refractivity contribution in [2.75, 3.05) is 19.3 Å². The Morgan fingerprint density at radius 2 is 2.16 bits per heavy atom. The molecule has 1 aliphatic rings.